The number of aromatic nitrogens is 3. The van der Waals surface area contributed by atoms with Crippen molar-refractivity contribution in [3.05, 3.63) is 66.4 Å². The molecule has 1 aliphatic heterocycles. The molecular weight excluding hydrogens is 420 g/mol. The number of unbranched alkanes of at least 4 members (excludes halogenated alkanes) is 1. The summed E-state index contributed by atoms with van der Waals surface area (Å²) in [7, 11) is 0. The minimum absolute atomic E-state index is 0.127. The Kier molecular flexibility index (Phi) is 5.80. The number of nitrogens with zero attached hydrogens (tertiary/aromatic N) is 3. The smallest absolute Gasteiger partial charge is 0.274 e. The molecule has 0 atom stereocenters. The molecule has 5 rings (SSSR count). The van der Waals surface area contributed by atoms with E-state index in [-0.39, 0.29) is 19.2 Å². The van der Waals surface area contributed by atoms with Crippen LogP contribution in [0, 0.1) is 0 Å². The van der Waals surface area contributed by atoms with Crippen LogP contribution in [0.25, 0.3) is 23.0 Å². The predicted octanol–water partition coefficient (Wildman–Crippen LogP) is 4.92. The monoisotopic (exact) mass is 444 g/mol. The number of fused-ring (bicyclic) bond motifs is 1. The molecule has 168 valence electrons. The molecule has 4 aromatic rings. The van der Waals surface area contributed by atoms with E-state index in [0.717, 1.165) is 30.5 Å². The summed E-state index contributed by atoms with van der Waals surface area (Å²) in [6.07, 6.45) is 5.19. The van der Waals surface area contributed by atoms with Gasteiger partial charge in [0.1, 0.15) is 12.2 Å². The molecule has 2 aromatic heterocycles. The normalized spacial score (nSPS) is 12.2. The lowest BCUT2D eigenvalue weighted by Crippen LogP contribution is -2.18. The van der Waals surface area contributed by atoms with E-state index in [4.69, 9.17) is 14.0 Å². The van der Waals surface area contributed by atoms with Crippen LogP contribution in [0.5, 0.6) is 11.5 Å². The SMILES string of the molecule is CCCCc1ccc(NC(=O)Cn2cccc2-c2nc(-c3ccc4c(c3)OCO4)no2)cc1. The van der Waals surface area contributed by atoms with Gasteiger partial charge in [0.25, 0.3) is 5.89 Å². The van der Waals surface area contributed by atoms with Crippen LogP contribution in [0.4, 0.5) is 5.69 Å². The van der Waals surface area contributed by atoms with Gasteiger partial charge in [-0.3, -0.25) is 4.79 Å². The summed E-state index contributed by atoms with van der Waals surface area (Å²) in [6, 6.07) is 17.2. The summed E-state index contributed by atoms with van der Waals surface area (Å²) in [5, 5.41) is 7.03. The first-order valence-corrected chi connectivity index (χ1v) is 11.0. The Balaban J connectivity index is 1.26. The quantitative estimate of drug-likeness (QED) is 0.415. The summed E-state index contributed by atoms with van der Waals surface area (Å²) >= 11 is 0. The van der Waals surface area contributed by atoms with Gasteiger partial charge < -0.3 is 23.9 Å². The van der Waals surface area contributed by atoms with Crippen LogP contribution >= 0.6 is 0 Å². The number of benzene rings is 2. The van der Waals surface area contributed by atoms with E-state index in [1.54, 1.807) is 4.57 Å². The second kappa shape index (κ2) is 9.20. The summed E-state index contributed by atoms with van der Waals surface area (Å²) in [6.45, 7) is 2.51. The Morgan fingerprint density at radius 1 is 1.09 bits per heavy atom. The molecule has 3 heterocycles. The number of nitrogens with one attached hydrogen (secondary N) is 1. The van der Waals surface area contributed by atoms with Gasteiger partial charge in [-0.1, -0.05) is 30.6 Å². The zero-order chi connectivity index (χ0) is 22.6. The lowest BCUT2D eigenvalue weighted by molar-refractivity contribution is -0.116. The first kappa shape index (κ1) is 20.8. The minimum atomic E-state index is -0.135. The lowest BCUT2D eigenvalue weighted by Gasteiger charge is -2.09. The number of hydrogen-bond donors (Lipinski definition) is 1. The standard InChI is InChI=1S/C25H24N4O4/c1-2-3-5-17-7-10-19(11-8-17)26-23(30)15-29-13-4-6-20(29)25-27-24(28-33-25)18-9-12-21-22(14-18)32-16-31-21/h4,6-14H,2-3,5,15-16H2,1H3,(H,26,30). The van der Waals surface area contributed by atoms with E-state index in [0.29, 0.717) is 28.9 Å². The number of anilines is 1. The van der Waals surface area contributed by atoms with Crippen molar-refractivity contribution in [2.24, 2.45) is 0 Å². The molecule has 1 amide bonds. The van der Waals surface area contributed by atoms with Crippen molar-refractivity contribution in [2.45, 2.75) is 32.7 Å². The maximum absolute atomic E-state index is 12.6. The van der Waals surface area contributed by atoms with Gasteiger partial charge in [0, 0.05) is 17.4 Å². The average Bonchev–Trinajstić information content (AvgIpc) is 3.58. The van der Waals surface area contributed by atoms with Crippen molar-refractivity contribution in [3.63, 3.8) is 0 Å². The molecule has 0 unspecified atom stereocenters. The third kappa shape index (κ3) is 4.59. The number of amides is 1. The van der Waals surface area contributed by atoms with Crippen molar-refractivity contribution in [1.82, 2.24) is 14.7 Å². The third-order valence-electron chi connectivity index (χ3n) is 5.48. The van der Waals surface area contributed by atoms with Gasteiger partial charge in [0.05, 0.1) is 0 Å². The summed E-state index contributed by atoms with van der Waals surface area (Å²) in [4.78, 5) is 17.1. The molecule has 1 N–H and O–H groups in total. The molecule has 1 aliphatic rings. The van der Waals surface area contributed by atoms with Crippen LogP contribution in [0.3, 0.4) is 0 Å². The van der Waals surface area contributed by atoms with Gasteiger partial charge in [0.15, 0.2) is 11.5 Å². The Labute approximate surface area is 191 Å². The highest BCUT2D eigenvalue weighted by atomic mass is 16.7. The fourth-order valence-electron chi connectivity index (χ4n) is 3.72. The van der Waals surface area contributed by atoms with Gasteiger partial charge in [-0.15, -0.1) is 0 Å². The highest BCUT2D eigenvalue weighted by Crippen LogP contribution is 2.35. The number of hydrogen-bond acceptors (Lipinski definition) is 6. The van der Waals surface area contributed by atoms with Crippen molar-refractivity contribution < 1.29 is 18.8 Å². The van der Waals surface area contributed by atoms with Crippen LogP contribution in [0.1, 0.15) is 25.3 Å². The molecule has 0 fully saturated rings. The molecule has 0 spiro atoms. The Morgan fingerprint density at radius 2 is 1.94 bits per heavy atom. The molecule has 0 bridgehead atoms. The largest absolute Gasteiger partial charge is 0.454 e. The molecular formula is C25H24N4O4. The first-order chi connectivity index (χ1) is 16.2. The highest BCUT2D eigenvalue weighted by Gasteiger charge is 2.19. The maximum Gasteiger partial charge on any atom is 0.274 e. The molecule has 2 aromatic carbocycles. The number of aryl methyl sites for hydroxylation is 1. The van der Waals surface area contributed by atoms with E-state index < -0.39 is 0 Å². The topological polar surface area (TPSA) is 91.4 Å². The van der Waals surface area contributed by atoms with Crippen molar-refractivity contribution in [1.29, 1.82) is 0 Å². The van der Waals surface area contributed by atoms with Gasteiger partial charge in [-0.2, -0.15) is 4.98 Å². The molecule has 33 heavy (non-hydrogen) atoms. The van der Waals surface area contributed by atoms with E-state index in [1.807, 2.05) is 48.7 Å². The molecule has 0 radical (unpaired) electrons. The van der Waals surface area contributed by atoms with Crippen molar-refractivity contribution >= 4 is 11.6 Å². The highest BCUT2D eigenvalue weighted by molar-refractivity contribution is 5.90. The second-order valence-electron chi connectivity index (χ2n) is 7.86. The average molecular weight is 444 g/mol. The fourth-order valence-corrected chi connectivity index (χ4v) is 3.72. The molecule has 0 saturated heterocycles. The number of rotatable bonds is 8. The van der Waals surface area contributed by atoms with E-state index in [2.05, 4.69) is 34.5 Å². The number of ether oxygens (including phenoxy) is 2. The Bertz CT molecular complexity index is 1260. The van der Waals surface area contributed by atoms with Gasteiger partial charge in [-0.25, -0.2) is 0 Å². The second-order valence-corrected chi connectivity index (χ2v) is 7.86. The van der Waals surface area contributed by atoms with Crippen LogP contribution in [-0.2, 0) is 17.8 Å². The molecule has 8 heteroatoms. The first-order valence-electron chi connectivity index (χ1n) is 11.0. The van der Waals surface area contributed by atoms with Crippen LogP contribution in [0.15, 0.2) is 65.3 Å². The zero-order valence-corrected chi connectivity index (χ0v) is 18.3. The van der Waals surface area contributed by atoms with Crippen LogP contribution < -0.4 is 14.8 Å². The van der Waals surface area contributed by atoms with Gasteiger partial charge >= 0.3 is 0 Å². The molecule has 8 nitrogen and oxygen atoms in total. The number of carbonyl (C=O) groups excluding carboxylic acids is 1. The molecule has 0 saturated carbocycles. The summed E-state index contributed by atoms with van der Waals surface area (Å²) in [5.74, 6) is 1.98. The maximum atomic E-state index is 12.6. The van der Waals surface area contributed by atoms with E-state index in [1.165, 1.54) is 5.56 Å². The van der Waals surface area contributed by atoms with Crippen LogP contribution in [0.2, 0.25) is 0 Å². The molecule has 0 aliphatic carbocycles. The van der Waals surface area contributed by atoms with E-state index in [9.17, 15) is 4.79 Å². The minimum Gasteiger partial charge on any atom is -0.454 e. The zero-order valence-electron chi connectivity index (χ0n) is 18.3. The Morgan fingerprint density at radius 3 is 2.79 bits per heavy atom. The summed E-state index contributed by atoms with van der Waals surface area (Å²) < 4.78 is 18.0. The van der Waals surface area contributed by atoms with Crippen molar-refractivity contribution in [3.8, 4) is 34.5 Å². The van der Waals surface area contributed by atoms with E-state index >= 15 is 0 Å². The van der Waals surface area contributed by atoms with Crippen molar-refractivity contribution in [2.75, 3.05) is 12.1 Å². The number of carbonyl (C=O) groups is 1. The lowest BCUT2D eigenvalue weighted by atomic mass is 10.1. The van der Waals surface area contributed by atoms with Gasteiger partial charge in [-0.05, 0) is 60.9 Å². The summed E-state index contributed by atoms with van der Waals surface area (Å²) in [5.41, 5.74) is 3.47. The predicted molar refractivity (Wildman–Crippen MR) is 123 cm³/mol. The Hall–Kier alpha value is -4.07. The van der Waals surface area contributed by atoms with Crippen LogP contribution in [-0.4, -0.2) is 27.4 Å². The third-order valence-corrected chi connectivity index (χ3v) is 5.48. The van der Waals surface area contributed by atoms with Gasteiger partial charge in [0.2, 0.25) is 18.5 Å². The fraction of sp³-hybridized carbons (Fsp3) is 0.240.